The Kier molecular flexibility index (Phi) is 7.66. The summed E-state index contributed by atoms with van der Waals surface area (Å²) in [6, 6.07) is 0. The first-order valence-corrected chi connectivity index (χ1v) is 8.31. The summed E-state index contributed by atoms with van der Waals surface area (Å²) in [5.74, 6) is 0.705. The predicted molar refractivity (Wildman–Crippen MR) is 81.8 cm³/mol. The van der Waals surface area contributed by atoms with Crippen molar-refractivity contribution in [3.8, 4) is 0 Å². The zero-order valence-electron chi connectivity index (χ0n) is 14.3. The van der Waals surface area contributed by atoms with Crippen LogP contribution in [0.15, 0.2) is 0 Å². The van der Waals surface area contributed by atoms with Gasteiger partial charge in [-0.3, -0.25) is 0 Å². The SMILES string of the molecule is CC(COCC(F)(F)F)CC1CCCC(OCC(C)(C)C)C1. The molecule has 0 bridgehead atoms. The number of halogens is 3. The van der Waals surface area contributed by atoms with Crippen LogP contribution in [-0.4, -0.2) is 32.1 Å². The van der Waals surface area contributed by atoms with Gasteiger partial charge in [-0.2, -0.15) is 13.2 Å². The lowest BCUT2D eigenvalue weighted by Gasteiger charge is -2.32. The van der Waals surface area contributed by atoms with E-state index in [1.54, 1.807) is 0 Å². The van der Waals surface area contributed by atoms with Crippen LogP contribution >= 0.6 is 0 Å². The highest BCUT2D eigenvalue weighted by Gasteiger charge is 2.28. The summed E-state index contributed by atoms with van der Waals surface area (Å²) in [6.07, 6.45) is 1.44. The largest absolute Gasteiger partial charge is 0.411 e. The normalized spacial score (nSPS) is 25.2. The van der Waals surface area contributed by atoms with E-state index in [1.165, 1.54) is 0 Å². The van der Waals surface area contributed by atoms with Crippen LogP contribution in [0.3, 0.4) is 0 Å². The van der Waals surface area contributed by atoms with Crippen LogP contribution in [0.5, 0.6) is 0 Å². The average Bonchev–Trinajstić information content (AvgIpc) is 2.34. The van der Waals surface area contributed by atoms with E-state index in [2.05, 4.69) is 20.8 Å². The fourth-order valence-corrected chi connectivity index (χ4v) is 2.99. The zero-order valence-corrected chi connectivity index (χ0v) is 14.3. The van der Waals surface area contributed by atoms with Gasteiger partial charge in [0.2, 0.25) is 0 Å². The van der Waals surface area contributed by atoms with Gasteiger partial charge in [0.05, 0.1) is 12.7 Å². The summed E-state index contributed by atoms with van der Waals surface area (Å²) in [5, 5.41) is 0. The van der Waals surface area contributed by atoms with Gasteiger partial charge in [0.1, 0.15) is 6.61 Å². The molecule has 1 aliphatic carbocycles. The second-order valence-electron chi connectivity index (χ2n) is 8.00. The van der Waals surface area contributed by atoms with Crippen molar-refractivity contribution in [2.24, 2.45) is 17.3 Å². The van der Waals surface area contributed by atoms with Gasteiger partial charge in [-0.25, -0.2) is 0 Å². The Morgan fingerprint density at radius 1 is 1.09 bits per heavy atom. The first-order chi connectivity index (χ1) is 10.1. The summed E-state index contributed by atoms with van der Waals surface area (Å²) < 4.78 is 46.9. The molecule has 0 aromatic heterocycles. The monoisotopic (exact) mass is 324 g/mol. The quantitative estimate of drug-likeness (QED) is 0.640. The Balaban J connectivity index is 2.24. The first-order valence-electron chi connectivity index (χ1n) is 8.31. The predicted octanol–water partition coefficient (Wildman–Crippen LogP) is 5.21. The maximum Gasteiger partial charge on any atom is 0.411 e. The number of hydrogen-bond acceptors (Lipinski definition) is 2. The van der Waals surface area contributed by atoms with Crippen molar-refractivity contribution in [2.75, 3.05) is 19.8 Å². The van der Waals surface area contributed by atoms with Crippen LogP contribution in [0, 0.1) is 17.3 Å². The summed E-state index contributed by atoms with van der Waals surface area (Å²) in [7, 11) is 0. The number of alkyl halides is 3. The summed E-state index contributed by atoms with van der Waals surface area (Å²) in [6.45, 7) is 8.25. The molecule has 0 amide bonds. The maximum atomic E-state index is 12.1. The molecule has 5 heteroatoms. The molecule has 0 aromatic rings. The number of rotatable bonds is 7. The molecular formula is C17H31F3O2. The Bertz CT molecular complexity index is 310. The third-order valence-corrected chi connectivity index (χ3v) is 3.89. The van der Waals surface area contributed by atoms with E-state index in [-0.39, 0.29) is 17.9 Å². The maximum absolute atomic E-state index is 12.1. The van der Waals surface area contributed by atoms with Crippen molar-refractivity contribution in [2.45, 2.75) is 72.1 Å². The molecular weight excluding hydrogens is 293 g/mol. The van der Waals surface area contributed by atoms with Gasteiger partial charge < -0.3 is 9.47 Å². The Morgan fingerprint density at radius 3 is 2.36 bits per heavy atom. The fourth-order valence-electron chi connectivity index (χ4n) is 2.99. The van der Waals surface area contributed by atoms with Gasteiger partial charge in [0.25, 0.3) is 0 Å². The average molecular weight is 324 g/mol. The Hall–Kier alpha value is -0.290. The van der Waals surface area contributed by atoms with Crippen LogP contribution in [0.2, 0.25) is 0 Å². The van der Waals surface area contributed by atoms with E-state index >= 15 is 0 Å². The lowest BCUT2D eigenvalue weighted by molar-refractivity contribution is -0.176. The molecule has 0 aliphatic heterocycles. The molecule has 0 N–H and O–H groups in total. The molecule has 1 fully saturated rings. The van der Waals surface area contributed by atoms with Crippen molar-refractivity contribution in [1.82, 2.24) is 0 Å². The topological polar surface area (TPSA) is 18.5 Å². The fraction of sp³-hybridized carbons (Fsp3) is 1.00. The van der Waals surface area contributed by atoms with E-state index in [4.69, 9.17) is 9.47 Å². The molecule has 2 nitrogen and oxygen atoms in total. The number of hydrogen-bond donors (Lipinski definition) is 0. The molecule has 3 unspecified atom stereocenters. The van der Waals surface area contributed by atoms with Crippen LogP contribution in [0.1, 0.15) is 59.8 Å². The second-order valence-corrected chi connectivity index (χ2v) is 8.00. The van der Waals surface area contributed by atoms with Crippen molar-refractivity contribution < 1.29 is 22.6 Å². The standard InChI is InChI=1S/C17H31F3O2/c1-13(10-21-12-17(18,19)20)8-14-6-5-7-15(9-14)22-11-16(2,3)4/h13-15H,5-12H2,1-4H3. The van der Waals surface area contributed by atoms with Gasteiger partial charge in [0, 0.05) is 6.61 Å². The third-order valence-electron chi connectivity index (χ3n) is 3.89. The van der Waals surface area contributed by atoms with Crippen molar-refractivity contribution >= 4 is 0 Å². The molecule has 3 atom stereocenters. The molecule has 1 rings (SSSR count). The summed E-state index contributed by atoms with van der Waals surface area (Å²) in [5.41, 5.74) is 0.172. The van der Waals surface area contributed by atoms with E-state index < -0.39 is 12.8 Å². The molecule has 0 saturated heterocycles. The zero-order chi connectivity index (χ0) is 16.8. The number of ether oxygens (including phenoxy) is 2. The molecule has 132 valence electrons. The van der Waals surface area contributed by atoms with E-state index in [0.29, 0.717) is 12.0 Å². The van der Waals surface area contributed by atoms with Gasteiger partial charge in [-0.15, -0.1) is 0 Å². The summed E-state index contributed by atoms with van der Waals surface area (Å²) >= 11 is 0. The lowest BCUT2D eigenvalue weighted by Crippen LogP contribution is -2.28. The van der Waals surface area contributed by atoms with Gasteiger partial charge >= 0.3 is 6.18 Å². The minimum Gasteiger partial charge on any atom is -0.378 e. The first kappa shape index (κ1) is 19.8. The summed E-state index contributed by atoms with van der Waals surface area (Å²) in [4.78, 5) is 0. The van der Waals surface area contributed by atoms with Crippen LogP contribution in [0.25, 0.3) is 0 Å². The second kappa shape index (κ2) is 8.53. The van der Waals surface area contributed by atoms with Gasteiger partial charge in [0.15, 0.2) is 0 Å². The van der Waals surface area contributed by atoms with Crippen LogP contribution in [-0.2, 0) is 9.47 Å². The van der Waals surface area contributed by atoms with Crippen molar-refractivity contribution in [3.63, 3.8) is 0 Å². The molecule has 1 saturated carbocycles. The van der Waals surface area contributed by atoms with E-state index in [0.717, 1.165) is 38.7 Å². The van der Waals surface area contributed by atoms with Crippen molar-refractivity contribution in [1.29, 1.82) is 0 Å². The van der Waals surface area contributed by atoms with E-state index in [1.807, 2.05) is 6.92 Å². The highest BCUT2D eigenvalue weighted by atomic mass is 19.4. The smallest absolute Gasteiger partial charge is 0.378 e. The lowest BCUT2D eigenvalue weighted by atomic mass is 9.82. The highest BCUT2D eigenvalue weighted by Crippen LogP contribution is 2.32. The molecule has 0 spiro atoms. The van der Waals surface area contributed by atoms with Crippen LogP contribution < -0.4 is 0 Å². The molecule has 1 aliphatic rings. The van der Waals surface area contributed by atoms with Crippen molar-refractivity contribution in [3.05, 3.63) is 0 Å². The van der Waals surface area contributed by atoms with Gasteiger partial charge in [-0.05, 0) is 36.5 Å². The minimum absolute atomic E-state index is 0.161. The molecule has 0 heterocycles. The Morgan fingerprint density at radius 2 is 1.77 bits per heavy atom. The minimum atomic E-state index is -4.23. The van der Waals surface area contributed by atoms with Crippen LogP contribution in [0.4, 0.5) is 13.2 Å². The highest BCUT2D eigenvalue weighted by molar-refractivity contribution is 4.76. The molecule has 22 heavy (non-hydrogen) atoms. The molecule has 0 aromatic carbocycles. The van der Waals surface area contributed by atoms with Gasteiger partial charge in [-0.1, -0.05) is 40.5 Å². The third kappa shape index (κ3) is 9.67. The molecule has 0 radical (unpaired) electrons. The van der Waals surface area contributed by atoms with E-state index in [9.17, 15) is 13.2 Å². The Labute approximate surface area is 132 Å².